The fourth-order valence-corrected chi connectivity index (χ4v) is 2.79. The zero-order chi connectivity index (χ0) is 13.0. The lowest BCUT2D eigenvalue weighted by Crippen LogP contribution is -2.34. The minimum Gasteiger partial charge on any atom is -0.355 e. The predicted molar refractivity (Wildman–Crippen MR) is 68.9 cm³/mol. The molecule has 0 spiro atoms. The Balaban J connectivity index is 2.06. The number of nitrogens with two attached hydrogens (primary N) is 1. The van der Waals surface area contributed by atoms with Crippen LogP contribution in [0.2, 0.25) is 0 Å². The molecule has 1 aliphatic rings. The molecule has 1 fully saturated rings. The van der Waals surface area contributed by atoms with Gasteiger partial charge >= 0.3 is 0 Å². The van der Waals surface area contributed by atoms with Crippen molar-refractivity contribution in [3.63, 3.8) is 0 Å². The van der Waals surface area contributed by atoms with Crippen LogP contribution < -0.4 is 16.6 Å². The molecule has 2 amide bonds. The monoisotopic (exact) mass is 268 g/mol. The van der Waals surface area contributed by atoms with E-state index in [4.69, 9.17) is 5.84 Å². The average Bonchev–Trinajstić information content (AvgIpc) is 2.71. The summed E-state index contributed by atoms with van der Waals surface area (Å²) in [5, 5.41) is 4.68. The van der Waals surface area contributed by atoms with Gasteiger partial charge in [-0.1, -0.05) is 0 Å². The number of nitrogen functional groups attached to an aromatic ring is 1. The molecule has 0 atom stereocenters. The molecule has 0 saturated carbocycles. The standard InChI is InChI=1S/C11H16N4O2S/c12-14-11(17)10-8(2-5-18-10)6-15-4-1-3-13-9(16)7-15/h2,5H,1,3-4,6-7,12H2,(H,13,16)(H,14,17). The van der Waals surface area contributed by atoms with Crippen LogP contribution >= 0.6 is 11.3 Å². The molecule has 2 heterocycles. The summed E-state index contributed by atoms with van der Waals surface area (Å²) in [6, 6.07) is 1.90. The normalized spacial score (nSPS) is 17.1. The number of rotatable bonds is 3. The minimum atomic E-state index is -0.278. The maximum atomic E-state index is 11.5. The molecule has 18 heavy (non-hydrogen) atoms. The first-order valence-electron chi connectivity index (χ1n) is 5.77. The summed E-state index contributed by atoms with van der Waals surface area (Å²) in [5.74, 6) is 4.90. The molecular formula is C11H16N4O2S. The molecule has 1 aromatic heterocycles. The van der Waals surface area contributed by atoms with Crippen molar-refractivity contribution in [2.45, 2.75) is 13.0 Å². The lowest BCUT2D eigenvalue weighted by molar-refractivity contribution is -0.121. The van der Waals surface area contributed by atoms with Gasteiger partial charge in [-0.3, -0.25) is 19.9 Å². The molecular weight excluding hydrogens is 252 g/mol. The number of hydrogen-bond acceptors (Lipinski definition) is 5. The molecule has 1 aliphatic heterocycles. The van der Waals surface area contributed by atoms with Crippen molar-refractivity contribution in [2.75, 3.05) is 19.6 Å². The van der Waals surface area contributed by atoms with Crippen LogP contribution in [0.25, 0.3) is 0 Å². The summed E-state index contributed by atoms with van der Waals surface area (Å²) in [5.41, 5.74) is 3.05. The van der Waals surface area contributed by atoms with Crippen molar-refractivity contribution in [1.82, 2.24) is 15.6 Å². The molecule has 98 valence electrons. The molecule has 0 bridgehead atoms. The third-order valence-corrected chi connectivity index (χ3v) is 3.77. The Morgan fingerprint density at radius 3 is 3.22 bits per heavy atom. The molecule has 6 nitrogen and oxygen atoms in total. The summed E-state index contributed by atoms with van der Waals surface area (Å²) in [7, 11) is 0. The van der Waals surface area contributed by atoms with Crippen LogP contribution in [0.3, 0.4) is 0 Å². The minimum absolute atomic E-state index is 0.0348. The lowest BCUT2D eigenvalue weighted by atomic mass is 10.2. The fourth-order valence-electron chi connectivity index (χ4n) is 1.97. The molecule has 0 unspecified atom stereocenters. The van der Waals surface area contributed by atoms with Gasteiger partial charge in [0.25, 0.3) is 5.91 Å². The smallest absolute Gasteiger partial charge is 0.275 e. The van der Waals surface area contributed by atoms with E-state index in [1.807, 2.05) is 16.3 Å². The van der Waals surface area contributed by atoms with E-state index in [9.17, 15) is 9.59 Å². The summed E-state index contributed by atoms with van der Waals surface area (Å²) >= 11 is 1.36. The van der Waals surface area contributed by atoms with Crippen LogP contribution in [0.1, 0.15) is 21.7 Å². The third-order valence-electron chi connectivity index (χ3n) is 2.82. The van der Waals surface area contributed by atoms with Gasteiger partial charge < -0.3 is 5.32 Å². The predicted octanol–water partition coefficient (Wildman–Crippen LogP) is -0.327. The van der Waals surface area contributed by atoms with Crippen molar-refractivity contribution >= 4 is 23.2 Å². The highest BCUT2D eigenvalue weighted by Crippen LogP contribution is 2.18. The number of carbonyl (C=O) groups is 2. The van der Waals surface area contributed by atoms with Crippen molar-refractivity contribution in [2.24, 2.45) is 5.84 Å². The van der Waals surface area contributed by atoms with Crippen molar-refractivity contribution in [1.29, 1.82) is 0 Å². The molecule has 0 aromatic carbocycles. The van der Waals surface area contributed by atoms with Gasteiger partial charge in [0.05, 0.1) is 11.4 Å². The zero-order valence-electron chi connectivity index (χ0n) is 9.94. The highest BCUT2D eigenvalue weighted by atomic mass is 32.1. The molecule has 0 radical (unpaired) electrons. The van der Waals surface area contributed by atoms with Gasteiger partial charge in [0, 0.05) is 19.6 Å². The number of hydrogen-bond donors (Lipinski definition) is 3. The van der Waals surface area contributed by atoms with Crippen molar-refractivity contribution in [3.8, 4) is 0 Å². The summed E-state index contributed by atoms with van der Waals surface area (Å²) in [6.07, 6.45) is 0.925. The van der Waals surface area contributed by atoms with Gasteiger partial charge in [-0.15, -0.1) is 11.3 Å². The van der Waals surface area contributed by atoms with E-state index in [1.54, 1.807) is 0 Å². The number of hydrazine groups is 1. The zero-order valence-corrected chi connectivity index (χ0v) is 10.8. The number of thiophene rings is 1. The third kappa shape index (κ3) is 3.06. The fraction of sp³-hybridized carbons (Fsp3) is 0.455. The van der Waals surface area contributed by atoms with Crippen LogP contribution in [0.15, 0.2) is 11.4 Å². The Morgan fingerprint density at radius 2 is 2.44 bits per heavy atom. The number of nitrogens with zero attached hydrogens (tertiary/aromatic N) is 1. The van der Waals surface area contributed by atoms with Crippen LogP contribution in [-0.2, 0) is 11.3 Å². The Morgan fingerprint density at radius 1 is 1.61 bits per heavy atom. The van der Waals surface area contributed by atoms with Crippen LogP contribution in [-0.4, -0.2) is 36.3 Å². The van der Waals surface area contributed by atoms with Crippen LogP contribution in [0.5, 0.6) is 0 Å². The largest absolute Gasteiger partial charge is 0.355 e. The Hall–Kier alpha value is -1.44. The molecule has 4 N–H and O–H groups in total. The second-order valence-corrected chi connectivity index (χ2v) is 5.08. The van der Waals surface area contributed by atoms with Crippen molar-refractivity contribution in [3.05, 3.63) is 21.9 Å². The van der Waals surface area contributed by atoms with E-state index >= 15 is 0 Å². The molecule has 0 aliphatic carbocycles. The number of carbonyl (C=O) groups excluding carboxylic acids is 2. The molecule has 1 aromatic rings. The van der Waals surface area contributed by atoms with Crippen LogP contribution in [0, 0.1) is 0 Å². The van der Waals surface area contributed by atoms with Gasteiger partial charge in [-0.05, 0) is 23.4 Å². The second-order valence-electron chi connectivity index (χ2n) is 4.16. The van der Waals surface area contributed by atoms with Gasteiger partial charge in [0.2, 0.25) is 5.91 Å². The Kier molecular flexibility index (Phi) is 4.29. The van der Waals surface area contributed by atoms with E-state index in [0.717, 1.165) is 25.1 Å². The quantitative estimate of drug-likeness (QED) is 0.398. The van der Waals surface area contributed by atoms with Gasteiger partial charge in [-0.2, -0.15) is 0 Å². The average molecular weight is 268 g/mol. The maximum absolute atomic E-state index is 11.5. The van der Waals surface area contributed by atoms with E-state index in [-0.39, 0.29) is 11.8 Å². The highest BCUT2D eigenvalue weighted by molar-refractivity contribution is 7.12. The van der Waals surface area contributed by atoms with E-state index in [0.29, 0.717) is 18.0 Å². The maximum Gasteiger partial charge on any atom is 0.275 e. The molecule has 1 saturated heterocycles. The van der Waals surface area contributed by atoms with Gasteiger partial charge in [0.1, 0.15) is 0 Å². The summed E-state index contributed by atoms with van der Waals surface area (Å²) in [6.45, 7) is 2.53. The topological polar surface area (TPSA) is 87.5 Å². The first kappa shape index (κ1) is 13.0. The summed E-state index contributed by atoms with van der Waals surface area (Å²) < 4.78 is 0. The van der Waals surface area contributed by atoms with Crippen LogP contribution in [0.4, 0.5) is 0 Å². The first-order valence-corrected chi connectivity index (χ1v) is 6.65. The highest BCUT2D eigenvalue weighted by Gasteiger charge is 2.18. The summed E-state index contributed by atoms with van der Waals surface area (Å²) in [4.78, 5) is 25.6. The van der Waals surface area contributed by atoms with E-state index in [1.165, 1.54) is 11.3 Å². The van der Waals surface area contributed by atoms with Gasteiger partial charge in [0.15, 0.2) is 0 Å². The van der Waals surface area contributed by atoms with E-state index in [2.05, 4.69) is 10.7 Å². The lowest BCUT2D eigenvalue weighted by Gasteiger charge is -2.18. The second kappa shape index (κ2) is 5.94. The molecule has 7 heteroatoms. The Bertz CT molecular complexity index is 446. The van der Waals surface area contributed by atoms with Crippen molar-refractivity contribution < 1.29 is 9.59 Å². The first-order chi connectivity index (χ1) is 8.70. The Labute approximate surface area is 109 Å². The number of nitrogens with one attached hydrogen (secondary N) is 2. The number of amides is 2. The van der Waals surface area contributed by atoms with E-state index < -0.39 is 0 Å². The molecule has 2 rings (SSSR count). The SMILES string of the molecule is NNC(=O)c1sccc1CN1CCCNC(=O)C1. The van der Waals surface area contributed by atoms with Gasteiger partial charge in [-0.25, -0.2) is 5.84 Å².